The van der Waals surface area contributed by atoms with E-state index in [4.69, 9.17) is 5.73 Å². The van der Waals surface area contributed by atoms with Gasteiger partial charge in [-0.15, -0.1) is 0 Å². The summed E-state index contributed by atoms with van der Waals surface area (Å²) in [5.74, 6) is -0.231. The Kier molecular flexibility index (Phi) is 5.97. The first-order valence-electron chi connectivity index (χ1n) is 6.55. The van der Waals surface area contributed by atoms with Crippen molar-refractivity contribution in [2.75, 3.05) is 15.8 Å². The molecule has 0 aliphatic rings. The molecule has 112 valence electrons. The average molecular weight is 299 g/mol. The zero-order valence-electron chi connectivity index (χ0n) is 11.7. The second kappa shape index (κ2) is 7.25. The standard InChI is InChI=1S/C13H21N3O3S/c1-3-5-12(14)13(17)15-10-6-8-11(9-7-10)16-20(18,19)4-2/h6-9,12,16H,3-5,14H2,1-2H3,(H,15,17)/t12-/m0/s1. The van der Waals surface area contributed by atoms with Gasteiger partial charge >= 0.3 is 0 Å². The van der Waals surface area contributed by atoms with Gasteiger partial charge < -0.3 is 11.1 Å². The molecule has 0 radical (unpaired) electrons. The summed E-state index contributed by atoms with van der Waals surface area (Å²) in [4.78, 5) is 11.7. The third-order valence-corrected chi connectivity index (χ3v) is 4.05. The summed E-state index contributed by atoms with van der Waals surface area (Å²) in [5, 5.41) is 2.69. The maximum absolute atomic E-state index is 11.7. The van der Waals surface area contributed by atoms with Gasteiger partial charge in [-0.3, -0.25) is 9.52 Å². The van der Waals surface area contributed by atoms with Crippen LogP contribution in [0.4, 0.5) is 11.4 Å². The number of nitrogens with two attached hydrogens (primary N) is 1. The van der Waals surface area contributed by atoms with Crippen molar-refractivity contribution in [1.29, 1.82) is 0 Å². The van der Waals surface area contributed by atoms with Crippen LogP contribution in [0.1, 0.15) is 26.7 Å². The molecule has 0 bridgehead atoms. The third kappa shape index (κ3) is 5.18. The summed E-state index contributed by atoms with van der Waals surface area (Å²) >= 11 is 0. The Morgan fingerprint density at radius 3 is 2.25 bits per heavy atom. The van der Waals surface area contributed by atoms with Gasteiger partial charge in [0.1, 0.15) is 0 Å². The van der Waals surface area contributed by atoms with Gasteiger partial charge in [-0.1, -0.05) is 13.3 Å². The van der Waals surface area contributed by atoms with Gasteiger partial charge in [0.25, 0.3) is 0 Å². The molecule has 0 aliphatic heterocycles. The summed E-state index contributed by atoms with van der Waals surface area (Å²) in [6.45, 7) is 3.52. The minimum atomic E-state index is -3.29. The van der Waals surface area contributed by atoms with E-state index in [0.29, 0.717) is 17.8 Å². The van der Waals surface area contributed by atoms with E-state index in [1.807, 2.05) is 6.92 Å². The van der Waals surface area contributed by atoms with E-state index >= 15 is 0 Å². The summed E-state index contributed by atoms with van der Waals surface area (Å²) in [6.07, 6.45) is 1.46. The number of benzene rings is 1. The fourth-order valence-corrected chi connectivity index (χ4v) is 2.19. The molecule has 0 saturated carbocycles. The molecule has 6 nitrogen and oxygen atoms in total. The van der Waals surface area contributed by atoms with Gasteiger partial charge in [0.2, 0.25) is 15.9 Å². The van der Waals surface area contributed by atoms with E-state index in [9.17, 15) is 13.2 Å². The summed E-state index contributed by atoms with van der Waals surface area (Å²) < 4.78 is 25.2. The zero-order valence-corrected chi connectivity index (χ0v) is 12.5. The Morgan fingerprint density at radius 2 is 1.75 bits per heavy atom. The normalized spacial score (nSPS) is 12.8. The molecule has 20 heavy (non-hydrogen) atoms. The molecule has 0 spiro atoms. The molecule has 1 atom stereocenters. The Bertz CT molecular complexity index is 540. The van der Waals surface area contributed by atoms with Crippen molar-refractivity contribution < 1.29 is 13.2 Å². The van der Waals surface area contributed by atoms with Crippen LogP contribution in [-0.4, -0.2) is 26.1 Å². The molecule has 1 amide bonds. The topological polar surface area (TPSA) is 101 Å². The van der Waals surface area contributed by atoms with E-state index in [-0.39, 0.29) is 11.7 Å². The fraction of sp³-hybridized carbons (Fsp3) is 0.462. The van der Waals surface area contributed by atoms with Crippen molar-refractivity contribution in [2.24, 2.45) is 5.73 Å². The maximum Gasteiger partial charge on any atom is 0.241 e. The smallest absolute Gasteiger partial charge is 0.241 e. The summed E-state index contributed by atoms with van der Waals surface area (Å²) in [7, 11) is -3.29. The number of carbonyl (C=O) groups is 1. The zero-order chi connectivity index (χ0) is 15.2. The Labute approximate surface area is 119 Å². The van der Waals surface area contributed by atoms with E-state index in [1.54, 1.807) is 31.2 Å². The van der Waals surface area contributed by atoms with Crippen molar-refractivity contribution in [3.05, 3.63) is 24.3 Å². The molecule has 0 saturated heterocycles. The lowest BCUT2D eigenvalue weighted by molar-refractivity contribution is -0.117. The Hall–Kier alpha value is -1.60. The number of anilines is 2. The van der Waals surface area contributed by atoms with Crippen LogP contribution >= 0.6 is 0 Å². The Balaban J connectivity index is 2.65. The predicted molar refractivity (Wildman–Crippen MR) is 81.0 cm³/mol. The van der Waals surface area contributed by atoms with Gasteiger partial charge in [-0.05, 0) is 37.6 Å². The minimum Gasteiger partial charge on any atom is -0.325 e. The van der Waals surface area contributed by atoms with Gasteiger partial charge in [0.15, 0.2) is 0 Å². The molecule has 1 aromatic rings. The van der Waals surface area contributed by atoms with Crippen LogP contribution in [0.15, 0.2) is 24.3 Å². The molecule has 0 heterocycles. The summed E-state index contributed by atoms with van der Waals surface area (Å²) in [6, 6.07) is 5.91. The van der Waals surface area contributed by atoms with Crippen molar-refractivity contribution in [3.63, 3.8) is 0 Å². The van der Waals surface area contributed by atoms with Crippen LogP contribution in [0.5, 0.6) is 0 Å². The third-order valence-electron chi connectivity index (χ3n) is 2.74. The molecule has 1 rings (SSSR count). The molecule has 1 aromatic carbocycles. The molecule has 4 N–H and O–H groups in total. The van der Waals surface area contributed by atoms with Crippen LogP contribution in [0.2, 0.25) is 0 Å². The van der Waals surface area contributed by atoms with E-state index in [2.05, 4.69) is 10.0 Å². The number of hydrogen-bond donors (Lipinski definition) is 3. The Morgan fingerprint density at radius 1 is 1.20 bits per heavy atom. The van der Waals surface area contributed by atoms with Gasteiger partial charge in [-0.2, -0.15) is 0 Å². The maximum atomic E-state index is 11.7. The van der Waals surface area contributed by atoms with E-state index in [0.717, 1.165) is 6.42 Å². The van der Waals surface area contributed by atoms with Crippen molar-refractivity contribution >= 4 is 27.3 Å². The highest BCUT2D eigenvalue weighted by molar-refractivity contribution is 7.92. The highest BCUT2D eigenvalue weighted by Gasteiger charge is 2.12. The largest absolute Gasteiger partial charge is 0.325 e. The van der Waals surface area contributed by atoms with E-state index < -0.39 is 16.1 Å². The molecule has 7 heteroatoms. The average Bonchev–Trinajstić information content (AvgIpc) is 2.41. The fourth-order valence-electron chi connectivity index (χ4n) is 1.55. The number of hydrogen-bond acceptors (Lipinski definition) is 4. The number of rotatable bonds is 7. The van der Waals surface area contributed by atoms with Crippen LogP contribution in [0.3, 0.4) is 0 Å². The number of carbonyl (C=O) groups excluding carboxylic acids is 1. The molecular formula is C13H21N3O3S. The van der Waals surface area contributed by atoms with Crippen molar-refractivity contribution in [2.45, 2.75) is 32.7 Å². The van der Waals surface area contributed by atoms with Crippen LogP contribution in [-0.2, 0) is 14.8 Å². The molecular weight excluding hydrogens is 278 g/mol. The molecule has 0 aliphatic carbocycles. The first kappa shape index (κ1) is 16.5. The number of sulfonamides is 1. The highest BCUT2D eigenvalue weighted by atomic mass is 32.2. The van der Waals surface area contributed by atoms with Gasteiger partial charge in [0.05, 0.1) is 11.8 Å². The van der Waals surface area contributed by atoms with Gasteiger partial charge in [0, 0.05) is 11.4 Å². The lowest BCUT2D eigenvalue weighted by atomic mass is 10.1. The van der Waals surface area contributed by atoms with Crippen molar-refractivity contribution in [3.8, 4) is 0 Å². The van der Waals surface area contributed by atoms with Crippen LogP contribution < -0.4 is 15.8 Å². The quantitative estimate of drug-likeness (QED) is 0.710. The lowest BCUT2D eigenvalue weighted by Crippen LogP contribution is -2.35. The second-order valence-corrected chi connectivity index (χ2v) is 6.48. The number of amides is 1. The first-order valence-corrected chi connectivity index (χ1v) is 8.20. The number of nitrogens with one attached hydrogen (secondary N) is 2. The van der Waals surface area contributed by atoms with Crippen molar-refractivity contribution in [1.82, 2.24) is 0 Å². The highest BCUT2D eigenvalue weighted by Crippen LogP contribution is 2.15. The second-order valence-electron chi connectivity index (χ2n) is 4.47. The minimum absolute atomic E-state index is 0.0113. The monoisotopic (exact) mass is 299 g/mol. The van der Waals surface area contributed by atoms with Gasteiger partial charge in [-0.25, -0.2) is 8.42 Å². The van der Waals surface area contributed by atoms with Crippen LogP contribution in [0.25, 0.3) is 0 Å². The van der Waals surface area contributed by atoms with Crippen LogP contribution in [0, 0.1) is 0 Å². The predicted octanol–water partition coefficient (Wildman–Crippen LogP) is 1.51. The molecule has 0 aromatic heterocycles. The lowest BCUT2D eigenvalue weighted by Gasteiger charge is -2.12. The molecule has 0 unspecified atom stereocenters. The summed E-state index contributed by atoms with van der Waals surface area (Å²) in [5.41, 5.74) is 6.75. The SMILES string of the molecule is CCC[C@H](N)C(=O)Nc1ccc(NS(=O)(=O)CC)cc1. The van der Waals surface area contributed by atoms with E-state index in [1.165, 1.54) is 0 Å². The first-order chi connectivity index (χ1) is 9.38. The molecule has 0 fully saturated rings.